The van der Waals surface area contributed by atoms with Gasteiger partial charge in [-0.25, -0.2) is 0 Å². The molecule has 1 fully saturated rings. The zero-order valence-corrected chi connectivity index (χ0v) is 12.2. The molecule has 0 aromatic carbocycles. The summed E-state index contributed by atoms with van der Waals surface area (Å²) in [5.74, 6) is 3.68. The van der Waals surface area contributed by atoms with Crippen molar-refractivity contribution in [2.75, 3.05) is 11.5 Å². The predicted molar refractivity (Wildman–Crippen MR) is 75.9 cm³/mol. The fourth-order valence-electron chi connectivity index (χ4n) is 2.34. The lowest BCUT2D eigenvalue weighted by molar-refractivity contribution is 0.443. The average molecular weight is 246 g/mol. The van der Waals surface area contributed by atoms with Gasteiger partial charge in [0.15, 0.2) is 0 Å². The van der Waals surface area contributed by atoms with Crippen molar-refractivity contribution < 1.29 is 0 Å². The molecule has 90 valence electrons. The summed E-state index contributed by atoms with van der Waals surface area (Å²) >= 11 is 4.52. The molecule has 1 aliphatic rings. The highest BCUT2D eigenvalue weighted by Crippen LogP contribution is 2.51. The van der Waals surface area contributed by atoms with Gasteiger partial charge in [-0.05, 0) is 36.7 Å². The molecular formula is C13H26S2. The normalized spacial score (nSPS) is 22.6. The van der Waals surface area contributed by atoms with Gasteiger partial charge in [0.25, 0.3) is 0 Å². The lowest BCUT2D eigenvalue weighted by atomic mass is 9.97. The molecule has 1 atom stereocenters. The van der Waals surface area contributed by atoms with Crippen LogP contribution in [0, 0.1) is 5.92 Å². The van der Waals surface area contributed by atoms with E-state index in [0.29, 0.717) is 4.08 Å². The zero-order chi connectivity index (χ0) is 11.1. The van der Waals surface area contributed by atoms with Gasteiger partial charge < -0.3 is 0 Å². The molecule has 1 unspecified atom stereocenters. The second-order valence-electron chi connectivity index (χ2n) is 4.66. The maximum Gasteiger partial charge on any atom is 0.0636 e. The molecular weight excluding hydrogens is 220 g/mol. The van der Waals surface area contributed by atoms with Crippen LogP contribution in [0.25, 0.3) is 0 Å². The monoisotopic (exact) mass is 246 g/mol. The standard InChI is InChI=1S/C13H26S2/c1-4-6-9-13(12(3)8-5-2)14-10-7-11-15-13/h12H,4-11H2,1-3H3. The average Bonchev–Trinajstić information content (AvgIpc) is 2.28. The van der Waals surface area contributed by atoms with E-state index < -0.39 is 0 Å². The van der Waals surface area contributed by atoms with Crippen molar-refractivity contribution in [2.24, 2.45) is 5.92 Å². The van der Waals surface area contributed by atoms with Crippen LogP contribution < -0.4 is 0 Å². The predicted octanol–water partition coefficient (Wildman–Crippen LogP) is 5.18. The second-order valence-corrected chi connectivity index (χ2v) is 7.76. The first-order valence-corrected chi connectivity index (χ1v) is 8.50. The second kappa shape index (κ2) is 7.11. The Balaban J connectivity index is 2.56. The van der Waals surface area contributed by atoms with Crippen molar-refractivity contribution in [3.8, 4) is 0 Å². The fourth-order valence-corrected chi connectivity index (χ4v) is 6.01. The molecule has 1 aliphatic heterocycles. The molecule has 0 bridgehead atoms. The van der Waals surface area contributed by atoms with Gasteiger partial charge in [0, 0.05) is 0 Å². The van der Waals surface area contributed by atoms with Crippen LogP contribution in [0.5, 0.6) is 0 Å². The van der Waals surface area contributed by atoms with Crippen molar-refractivity contribution in [2.45, 2.75) is 63.4 Å². The van der Waals surface area contributed by atoms with Crippen LogP contribution in [-0.2, 0) is 0 Å². The van der Waals surface area contributed by atoms with Crippen molar-refractivity contribution in [1.29, 1.82) is 0 Å². The first-order chi connectivity index (χ1) is 7.25. The first-order valence-electron chi connectivity index (χ1n) is 6.53. The molecule has 0 radical (unpaired) electrons. The minimum atomic E-state index is 0.574. The Labute approximate surface area is 104 Å². The van der Waals surface area contributed by atoms with E-state index in [1.807, 2.05) is 0 Å². The minimum Gasteiger partial charge on any atom is -0.144 e. The number of unbranched alkanes of at least 4 members (excludes halogenated alkanes) is 1. The summed E-state index contributed by atoms with van der Waals surface area (Å²) in [5.41, 5.74) is 0. The van der Waals surface area contributed by atoms with E-state index in [1.165, 1.54) is 50.0 Å². The maximum atomic E-state index is 2.48. The third-order valence-corrected chi connectivity index (χ3v) is 7.22. The Morgan fingerprint density at radius 2 is 1.80 bits per heavy atom. The molecule has 2 heteroatoms. The molecule has 0 nitrogen and oxygen atoms in total. The molecule has 0 N–H and O–H groups in total. The fraction of sp³-hybridized carbons (Fsp3) is 1.00. The SMILES string of the molecule is CCCCC1(C(C)CCC)SCCCS1. The molecule has 0 saturated carbocycles. The van der Waals surface area contributed by atoms with Crippen LogP contribution in [0.4, 0.5) is 0 Å². The Morgan fingerprint density at radius 3 is 2.33 bits per heavy atom. The lowest BCUT2D eigenvalue weighted by Gasteiger charge is -2.41. The highest BCUT2D eigenvalue weighted by molar-refractivity contribution is 8.18. The molecule has 0 aliphatic carbocycles. The summed E-state index contributed by atoms with van der Waals surface area (Å²) in [5, 5.41) is 0. The molecule has 1 rings (SSSR count). The molecule has 1 heterocycles. The van der Waals surface area contributed by atoms with E-state index >= 15 is 0 Å². The van der Waals surface area contributed by atoms with Crippen LogP contribution >= 0.6 is 23.5 Å². The van der Waals surface area contributed by atoms with Crippen LogP contribution in [0.15, 0.2) is 0 Å². The van der Waals surface area contributed by atoms with Gasteiger partial charge in [-0.15, -0.1) is 23.5 Å². The highest BCUT2D eigenvalue weighted by atomic mass is 32.2. The van der Waals surface area contributed by atoms with Crippen molar-refractivity contribution >= 4 is 23.5 Å². The van der Waals surface area contributed by atoms with Crippen LogP contribution in [0.1, 0.15) is 59.3 Å². The minimum absolute atomic E-state index is 0.574. The van der Waals surface area contributed by atoms with Gasteiger partial charge in [-0.2, -0.15) is 0 Å². The maximum absolute atomic E-state index is 2.48. The van der Waals surface area contributed by atoms with Gasteiger partial charge in [-0.1, -0.05) is 40.0 Å². The first kappa shape index (κ1) is 13.8. The summed E-state index contributed by atoms with van der Waals surface area (Å²) in [6, 6.07) is 0. The summed E-state index contributed by atoms with van der Waals surface area (Å²) < 4.78 is 0.574. The van der Waals surface area contributed by atoms with E-state index in [2.05, 4.69) is 44.3 Å². The lowest BCUT2D eigenvalue weighted by Crippen LogP contribution is -2.32. The molecule has 1 saturated heterocycles. The van der Waals surface area contributed by atoms with Gasteiger partial charge in [0.1, 0.15) is 0 Å². The largest absolute Gasteiger partial charge is 0.144 e. The molecule has 0 amide bonds. The summed E-state index contributed by atoms with van der Waals surface area (Å²) in [4.78, 5) is 0. The van der Waals surface area contributed by atoms with Gasteiger partial charge in [0.2, 0.25) is 0 Å². The van der Waals surface area contributed by atoms with Gasteiger partial charge in [0.05, 0.1) is 4.08 Å². The van der Waals surface area contributed by atoms with Crippen molar-refractivity contribution in [3.05, 3.63) is 0 Å². The van der Waals surface area contributed by atoms with E-state index in [-0.39, 0.29) is 0 Å². The Hall–Kier alpha value is 0.700. The van der Waals surface area contributed by atoms with Crippen molar-refractivity contribution in [3.63, 3.8) is 0 Å². The summed E-state index contributed by atoms with van der Waals surface area (Å²) in [7, 11) is 0. The van der Waals surface area contributed by atoms with Gasteiger partial charge in [-0.3, -0.25) is 0 Å². The Bertz CT molecular complexity index is 162. The van der Waals surface area contributed by atoms with Crippen LogP contribution in [0.2, 0.25) is 0 Å². The molecule has 0 spiro atoms. The molecule has 0 aromatic heterocycles. The van der Waals surface area contributed by atoms with Gasteiger partial charge >= 0.3 is 0 Å². The summed E-state index contributed by atoms with van der Waals surface area (Å²) in [6.45, 7) is 7.11. The Kier molecular flexibility index (Phi) is 6.52. The van der Waals surface area contributed by atoms with E-state index in [1.54, 1.807) is 0 Å². The molecule has 0 aromatic rings. The number of rotatable bonds is 6. The third kappa shape index (κ3) is 3.89. The van der Waals surface area contributed by atoms with Crippen molar-refractivity contribution in [1.82, 2.24) is 0 Å². The smallest absolute Gasteiger partial charge is 0.0636 e. The zero-order valence-electron chi connectivity index (χ0n) is 10.6. The number of thioether (sulfide) groups is 2. The highest BCUT2D eigenvalue weighted by Gasteiger charge is 2.37. The number of hydrogen-bond donors (Lipinski definition) is 0. The quantitative estimate of drug-likeness (QED) is 0.633. The van der Waals surface area contributed by atoms with Crippen LogP contribution in [0.3, 0.4) is 0 Å². The Morgan fingerprint density at radius 1 is 1.13 bits per heavy atom. The molecule has 15 heavy (non-hydrogen) atoms. The summed E-state index contributed by atoms with van der Waals surface area (Å²) in [6.07, 6.45) is 8.36. The van der Waals surface area contributed by atoms with E-state index in [9.17, 15) is 0 Å². The topological polar surface area (TPSA) is 0 Å². The number of hydrogen-bond acceptors (Lipinski definition) is 2. The van der Waals surface area contributed by atoms with E-state index in [4.69, 9.17) is 0 Å². The van der Waals surface area contributed by atoms with Crippen LogP contribution in [-0.4, -0.2) is 15.6 Å². The third-order valence-electron chi connectivity index (χ3n) is 3.33. The van der Waals surface area contributed by atoms with E-state index in [0.717, 1.165) is 5.92 Å².